The SMILES string of the molecule is Cc1ccc(OCC(=O)Nc2ncc3ccccn23)cc1. The first kappa shape index (κ1) is 13.2. The molecule has 2 aromatic heterocycles. The van der Waals surface area contributed by atoms with Gasteiger partial charge in [0.1, 0.15) is 5.75 Å². The normalized spacial score (nSPS) is 10.5. The van der Waals surface area contributed by atoms with Crippen LogP contribution in [-0.4, -0.2) is 21.9 Å². The highest BCUT2D eigenvalue weighted by Gasteiger charge is 2.08. The van der Waals surface area contributed by atoms with Crippen molar-refractivity contribution in [2.75, 3.05) is 11.9 Å². The molecule has 0 radical (unpaired) electrons. The van der Waals surface area contributed by atoms with Crippen molar-refractivity contribution >= 4 is 17.4 Å². The summed E-state index contributed by atoms with van der Waals surface area (Å²) in [5, 5.41) is 2.73. The lowest BCUT2D eigenvalue weighted by atomic mass is 10.2. The zero-order valence-electron chi connectivity index (χ0n) is 11.6. The summed E-state index contributed by atoms with van der Waals surface area (Å²) in [4.78, 5) is 16.1. The van der Waals surface area contributed by atoms with Gasteiger partial charge in [0, 0.05) is 6.20 Å². The van der Waals surface area contributed by atoms with Gasteiger partial charge >= 0.3 is 0 Å². The second-order valence-corrected chi connectivity index (χ2v) is 4.73. The summed E-state index contributed by atoms with van der Waals surface area (Å²) in [6.07, 6.45) is 3.55. The van der Waals surface area contributed by atoms with Gasteiger partial charge in [-0.2, -0.15) is 0 Å². The third-order valence-electron chi connectivity index (χ3n) is 3.08. The van der Waals surface area contributed by atoms with Gasteiger partial charge < -0.3 is 4.74 Å². The van der Waals surface area contributed by atoms with E-state index < -0.39 is 0 Å². The average Bonchev–Trinajstić information content (AvgIpc) is 2.90. The molecule has 0 spiro atoms. The molecule has 0 aliphatic heterocycles. The van der Waals surface area contributed by atoms with E-state index in [1.165, 1.54) is 0 Å². The molecule has 2 heterocycles. The predicted molar refractivity (Wildman–Crippen MR) is 80.5 cm³/mol. The summed E-state index contributed by atoms with van der Waals surface area (Å²) in [5.74, 6) is 0.916. The average molecular weight is 281 g/mol. The van der Waals surface area contributed by atoms with E-state index in [0.29, 0.717) is 11.7 Å². The van der Waals surface area contributed by atoms with Gasteiger partial charge in [-0.05, 0) is 31.2 Å². The molecule has 0 aliphatic rings. The second kappa shape index (κ2) is 5.66. The molecule has 21 heavy (non-hydrogen) atoms. The number of amides is 1. The Morgan fingerprint density at radius 1 is 1.24 bits per heavy atom. The highest BCUT2D eigenvalue weighted by Crippen LogP contribution is 2.12. The fourth-order valence-corrected chi connectivity index (χ4v) is 1.98. The monoisotopic (exact) mass is 281 g/mol. The van der Waals surface area contributed by atoms with Crippen molar-refractivity contribution in [1.82, 2.24) is 9.38 Å². The van der Waals surface area contributed by atoms with Gasteiger partial charge in [0.2, 0.25) is 5.95 Å². The molecule has 0 unspecified atom stereocenters. The topological polar surface area (TPSA) is 55.6 Å². The second-order valence-electron chi connectivity index (χ2n) is 4.73. The number of ether oxygens (including phenoxy) is 1. The molecule has 106 valence electrons. The van der Waals surface area contributed by atoms with E-state index in [0.717, 1.165) is 11.1 Å². The molecule has 0 bridgehead atoms. The first-order chi connectivity index (χ1) is 10.2. The van der Waals surface area contributed by atoms with Crippen LogP contribution < -0.4 is 10.1 Å². The van der Waals surface area contributed by atoms with Crippen molar-refractivity contribution in [3.8, 4) is 5.75 Å². The van der Waals surface area contributed by atoms with Crippen molar-refractivity contribution in [1.29, 1.82) is 0 Å². The predicted octanol–water partition coefficient (Wildman–Crippen LogP) is 2.66. The van der Waals surface area contributed by atoms with Crippen LogP contribution in [0.15, 0.2) is 54.9 Å². The number of benzene rings is 1. The Labute approximate surface area is 122 Å². The Bertz CT molecular complexity index is 763. The van der Waals surface area contributed by atoms with E-state index in [1.54, 1.807) is 6.20 Å². The highest BCUT2D eigenvalue weighted by atomic mass is 16.5. The Balaban J connectivity index is 1.62. The van der Waals surface area contributed by atoms with Crippen LogP contribution in [0.1, 0.15) is 5.56 Å². The molecule has 3 rings (SSSR count). The summed E-state index contributed by atoms with van der Waals surface area (Å²) in [5.41, 5.74) is 2.07. The largest absolute Gasteiger partial charge is 0.484 e. The minimum absolute atomic E-state index is 0.0508. The molecule has 5 heteroatoms. The van der Waals surface area contributed by atoms with E-state index in [4.69, 9.17) is 4.74 Å². The summed E-state index contributed by atoms with van der Waals surface area (Å²) in [6.45, 7) is 1.95. The molecule has 1 N–H and O–H groups in total. The smallest absolute Gasteiger partial charge is 0.264 e. The first-order valence-electron chi connectivity index (χ1n) is 6.64. The van der Waals surface area contributed by atoms with Crippen LogP contribution in [0.3, 0.4) is 0 Å². The van der Waals surface area contributed by atoms with Crippen molar-refractivity contribution < 1.29 is 9.53 Å². The number of hydrogen-bond donors (Lipinski definition) is 1. The van der Waals surface area contributed by atoms with E-state index in [2.05, 4.69) is 10.3 Å². The van der Waals surface area contributed by atoms with Crippen LogP contribution in [0.4, 0.5) is 5.95 Å². The third-order valence-corrected chi connectivity index (χ3v) is 3.08. The number of pyridine rings is 1. The number of rotatable bonds is 4. The van der Waals surface area contributed by atoms with Crippen LogP contribution in [0.2, 0.25) is 0 Å². The zero-order valence-corrected chi connectivity index (χ0v) is 11.6. The maximum Gasteiger partial charge on any atom is 0.264 e. The van der Waals surface area contributed by atoms with Gasteiger partial charge in [0.15, 0.2) is 6.61 Å². The maximum atomic E-state index is 11.9. The molecule has 0 aliphatic carbocycles. The fourth-order valence-electron chi connectivity index (χ4n) is 1.98. The zero-order chi connectivity index (χ0) is 14.7. The minimum atomic E-state index is -0.244. The Morgan fingerprint density at radius 3 is 2.86 bits per heavy atom. The minimum Gasteiger partial charge on any atom is -0.484 e. The summed E-state index contributed by atoms with van der Waals surface area (Å²) in [6, 6.07) is 13.3. The number of aryl methyl sites for hydroxylation is 1. The molecular weight excluding hydrogens is 266 g/mol. The third kappa shape index (κ3) is 3.02. The Kier molecular flexibility index (Phi) is 3.55. The van der Waals surface area contributed by atoms with Crippen LogP contribution in [0, 0.1) is 6.92 Å². The number of anilines is 1. The van der Waals surface area contributed by atoms with Crippen molar-refractivity contribution in [3.05, 3.63) is 60.4 Å². The van der Waals surface area contributed by atoms with Crippen LogP contribution in [0.25, 0.3) is 5.52 Å². The van der Waals surface area contributed by atoms with Gasteiger partial charge in [-0.15, -0.1) is 0 Å². The lowest BCUT2D eigenvalue weighted by Gasteiger charge is -2.07. The number of fused-ring (bicyclic) bond motifs is 1. The molecule has 5 nitrogen and oxygen atoms in total. The number of imidazole rings is 1. The summed E-state index contributed by atoms with van der Waals surface area (Å²) >= 11 is 0. The number of nitrogens with zero attached hydrogens (tertiary/aromatic N) is 2. The number of carbonyl (C=O) groups excluding carboxylic acids is 1. The summed E-state index contributed by atoms with van der Waals surface area (Å²) < 4.78 is 7.24. The van der Waals surface area contributed by atoms with Gasteiger partial charge in [-0.1, -0.05) is 23.8 Å². The van der Waals surface area contributed by atoms with E-state index in [1.807, 2.05) is 60.0 Å². The quantitative estimate of drug-likeness (QED) is 0.800. The number of hydrogen-bond acceptors (Lipinski definition) is 3. The Hall–Kier alpha value is -2.82. The van der Waals surface area contributed by atoms with Gasteiger partial charge in [0.05, 0.1) is 11.7 Å². The Morgan fingerprint density at radius 2 is 2.05 bits per heavy atom. The lowest BCUT2D eigenvalue weighted by molar-refractivity contribution is -0.118. The van der Waals surface area contributed by atoms with Crippen LogP contribution in [-0.2, 0) is 4.79 Å². The lowest BCUT2D eigenvalue weighted by Crippen LogP contribution is -2.21. The molecular formula is C16H15N3O2. The van der Waals surface area contributed by atoms with Crippen LogP contribution >= 0.6 is 0 Å². The summed E-state index contributed by atoms with van der Waals surface area (Å²) in [7, 11) is 0. The molecule has 3 aromatic rings. The van der Waals surface area contributed by atoms with Crippen molar-refractivity contribution in [2.45, 2.75) is 6.92 Å². The molecule has 1 aromatic carbocycles. The van der Waals surface area contributed by atoms with Crippen molar-refractivity contribution in [3.63, 3.8) is 0 Å². The highest BCUT2D eigenvalue weighted by molar-refractivity contribution is 5.90. The first-order valence-corrected chi connectivity index (χ1v) is 6.64. The number of nitrogens with one attached hydrogen (secondary N) is 1. The number of carbonyl (C=O) groups is 1. The maximum absolute atomic E-state index is 11.9. The fraction of sp³-hybridized carbons (Fsp3) is 0.125. The van der Waals surface area contributed by atoms with Gasteiger partial charge in [0.25, 0.3) is 5.91 Å². The molecule has 1 amide bonds. The molecule has 0 saturated carbocycles. The van der Waals surface area contributed by atoms with E-state index >= 15 is 0 Å². The van der Waals surface area contributed by atoms with Gasteiger partial charge in [-0.25, -0.2) is 4.98 Å². The molecule has 0 fully saturated rings. The van der Waals surface area contributed by atoms with Crippen molar-refractivity contribution in [2.24, 2.45) is 0 Å². The molecule has 0 saturated heterocycles. The van der Waals surface area contributed by atoms with E-state index in [-0.39, 0.29) is 12.5 Å². The number of aromatic nitrogens is 2. The van der Waals surface area contributed by atoms with E-state index in [9.17, 15) is 4.79 Å². The van der Waals surface area contributed by atoms with Gasteiger partial charge in [-0.3, -0.25) is 14.5 Å². The van der Waals surface area contributed by atoms with Crippen LogP contribution in [0.5, 0.6) is 5.75 Å². The standard InChI is InChI=1S/C16H15N3O2/c1-12-5-7-14(8-6-12)21-11-15(20)18-16-17-10-13-4-2-3-9-19(13)16/h2-10H,11H2,1H3,(H,17,18,20). The molecule has 0 atom stereocenters.